The Bertz CT molecular complexity index is 127. The summed E-state index contributed by atoms with van der Waals surface area (Å²) < 4.78 is 5.77. The molecular formula is C9H16O. The zero-order valence-electron chi connectivity index (χ0n) is 6.73. The Morgan fingerprint density at radius 1 is 1.40 bits per heavy atom. The van der Waals surface area contributed by atoms with Gasteiger partial charge in [-0.3, -0.25) is 0 Å². The number of hydrogen-bond donors (Lipinski definition) is 0. The molecule has 2 aliphatic rings. The van der Waals surface area contributed by atoms with Crippen molar-refractivity contribution in [3.8, 4) is 0 Å². The Morgan fingerprint density at radius 2 is 2.20 bits per heavy atom. The molecule has 0 radical (unpaired) electrons. The van der Waals surface area contributed by atoms with Gasteiger partial charge in [-0.05, 0) is 38.0 Å². The van der Waals surface area contributed by atoms with Gasteiger partial charge in [0.25, 0.3) is 0 Å². The van der Waals surface area contributed by atoms with Crippen molar-refractivity contribution in [2.75, 3.05) is 6.61 Å². The van der Waals surface area contributed by atoms with Crippen molar-refractivity contribution in [1.29, 1.82) is 0 Å². The van der Waals surface area contributed by atoms with Crippen LogP contribution in [0, 0.1) is 5.92 Å². The first-order valence-corrected chi connectivity index (χ1v) is 4.45. The van der Waals surface area contributed by atoms with E-state index in [4.69, 9.17) is 4.74 Å². The molecule has 1 nitrogen and oxygen atoms in total. The topological polar surface area (TPSA) is 9.23 Å². The molecule has 0 aromatic carbocycles. The van der Waals surface area contributed by atoms with E-state index in [-0.39, 0.29) is 0 Å². The van der Waals surface area contributed by atoms with Gasteiger partial charge in [-0.25, -0.2) is 0 Å². The molecule has 58 valence electrons. The number of hydrogen-bond acceptors (Lipinski definition) is 1. The van der Waals surface area contributed by atoms with E-state index in [1.165, 1.54) is 32.1 Å². The highest BCUT2D eigenvalue weighted by Gasteiger charge is 2.41. The molecule has 0 amide bonds. The monoisotopic (exact) mass is 140 g/mol. The third-order valence-electron chi connectivity index (χ3n) is 3.00. The molecule has 0 aromatic rings. The third-order valence-corrected chi connectivity index (χ3v) is 3.00. The van der Waals surface area contributed by atoms with Crippen LogP contribution in [0.2, 0.25) is 0 Å². The van der Waals surface area contributed by atoms with Gasteiger partial charge in [-0.2, -0.15) is 0 Å². The molecule has 1 aliphatic carbocycles. The van der Waals surface area contributed by atoms with Crippen LogP contribution in [0.4, 0.5) is 0 Å². The maximum Gasteiger partial charge on any atom is 0.0685 e. The summed E-state index contributed by atoms with van der Waals surface area (Å²) >= 11 is 0. The molecule has 1 spiro atoms. The summed E-state index contributed by atoms with van der Waals surface area (Å²) in [4.78, 5) is 0. The van der Waals surface area contributed by atoms with E-state index in [1.807, 2.05) is 0 Å². The van der Waals surface area contributed by atoms with Gasteiger partial charge in [-0.1, -0.05) is 6.92 Å². The third kappa shape index (κ3) is 0.968. The fourth-order valence-electron chi connectivity index (χ4n) is 2.19. The molecule has 1 saturated heterocycles. The summed E-state index contributed by atoms with van der Waals surface area (Å²) in [5, 5.41) is 0. The lowest BCUT2D eigenvalue weighted by molar-refractivity contribution is -0.140. The minimum absolute atomic E-state index is 0.373. The van der Waals surface area contributed by atoms with Crippen LogP contribution in [0.15, 0.2) is 0 Å². The molecule has 10 heavy (non-hydrogen) atoms. The Labute approximate surface area is 62.8 Å². The van der Waals surface area contributed by atoms with Crippen LogP contribution in [0.1, 0.15) is 39.0 Å². The van der Waals surface area contributed by atoms with Crippen molar-refractivity contribution in [1.82, 2.24) is 0 Å². The molecule has 1 heteroatoms. The average molecular weight is 140 g/mol. The second-order valence-corrected chi connectivity index (χ2v) is 3.98. The van der Waals surface area contributed by atoms with Gasteiger partial charge in [0.2, 0.25) is 0 Å². The van der Waals surface area contributed by atoms with Gasteiger partial charge in [0.15, 0.2) is 0 Å². The van der Waals surface area contributed by atoms with Crippen molar-refractivity contribution in [2.24, 2.45) is 5.92 Å². The molecule has 0 N–H and O–H groups in total. The van der Waals surface area contributed by atoms with E-state index in [1.54, 1.807) is 0 Å². The van der Waals surface area contributed by atoms with Gasteiger partial charge in [0.1, 0.15) is 0 Å². The largest absolute Gasteiger partial charge is 0.375 e. The summed E-state index contributed by atoms with van der Waals surface area (Å²) in [6.45, 7) is 3.36. The van der Waals surface area contributed by atoms with Crippen LogP contribution < -0.4 is 0 Å². The van der Waals surface area contributed by atoms with E-state index in [2.05, 4.69) is 6.92 Å². The lowest BCUT2D eigenvalue weighted by atomic mass is 9.72. The lowest BCUT2D eigenvalue weighted by Gasteiger charge is -2.46. The Morgan fingerprint density at radius 3 is 2.60 bits per heavy atom. The lowest BCUT2D eigenvalue weighted by Crippen LogP contribution is -2.44. The minimum atomic E-state index is 0.373. The Hall–Kier alpha value is -0.0400. The first kappa shape index (κ1) is 6.66. The first-order valence-electron chi connectivity index (χ1n) is 4.45. The molecular weight excluding hydrogens is 124 g/mol. The highest BCUT2D eigenvalue weighted by atomic mass is 16.5. The molecule has 0 aromatic heterocycles. The number of ether oxygens (including phenoxy) is 1. The summed E-state index contributed by atoms with van der Waals surface area (Å²) in [7, 11) is 0. The van der Waals surface area contributed by atoms with E-state index in [0.29, 0.717) is 5.60 Å². The normalized spacial score (nSPS) is 37.5. The molecule has 1 atom stereocenters. The quantitative estimate of drug-likeness (QED) is 0.502. The van der Waals surface area contributed by atoms with E-state index in [9.17, 15) is 0 Å². The van der Waals surface area contributed by atoms with Crippen LogP contribution >= 0.6 is 0 Å². The zero-order valence-corrected chi connectivity index (χ0v) is 6.73. The standard InChI is InChI=1S/C9H16O/c1-8-3-6-10-9(7-8)4-2-5-9/h8H,2-7H2,1H3. The fourth-order valence-corrected chi connectivity index (χ4v) is 2.19. The predicted octanol–water partition coefficient (Wildman–Crippen LogP) is 2.36. The summed E-state index contributed by atoms with van der Waals surface area (Å²) in [6, 6.07) is 0. The van der Waals surface area contributed by atoms with Crippen molar-refractivity contribution in [3.05, 3.63) is 0 Å². The molecule has 1 unspecified atom stereocenters. The SMILES string of the molecule is CC1CCOC2(CCC2)C1. The average Bonchev–Trinajstić information content (AvgIpc) is 1.85. The Balaban J connectivity index is 1.96. The van der Waals surface area contributed by atoms with Crippen LogP contribution in [0.5, 0.6) is 0 Å². The van der Waals surface area contributed by atoms with Gasteiger partial charge < -0.3 is 4.74 Å². The summed E-state index contributed by atoms with van der Waals surface area (Å²) in [5.74, 6) is 0.911. The van der Waals surface area contributed by atoms with Crippen molar-refractivity contribution in [2.45, 2.75) is 44.6 Å². The fraction of sp³-hybridized carbons (Fsp3) is 1.00. The minimum Gasteiger partial charge on any atom is -0.375 e. The Kier molecular flexibility index (Phi) is 1.48. The van der Waals surface area contributed by atoms with Gasteiger partial charge in [0, 0.05) is 6.61 Å². The maximum atomic E-state index is 5.77. The van der Waals surface area contributed by atoms with E-state index in [0.717, 1.165) is 12.5 Å². The summed E-state index contributed by atoms with van der Waals surface area (Å²) in [5.41, 5.74) is 0.373. The predicted molar refractivity (Wildman–Crippen MR) is 40.9 cm³/mol. The summed E-state index contributed by atoms with van der Waals surface area (Å²) in [6.07, 6.45) is 6.66. The molecule has 2 fully saturated rings. The number of rotatable bonds is 0. The first-order chi connectivity index (χ1) is 4.81. The second kappa shape index (κ2) is 2.23. The van der Waals surface area contributed by atoms with E-state index >= 15 is 0 Å². The second-order valence-electron chi connectivity index (χ2n) is 3.98. The van der Waals surface area contributed by atoms with Crippen molar-refractivity contribution >= 4 is 0 Å². The molecule has 0 bridgehead atoms. The van der Waals surface area contributed by atoms with Crippen LogP contribution in [-0.2, 0) is 4.74 Å². The smallest absolute Gasteiger partial charge is 0.0685 e. The highest BCUT2D eigenvalue weighted by Crippen LogP contribution is 2.43. The maximum absolute atomic E-state index is 5.77. The van der Waals surface area contributed by atoms with Crippen LogP contribution in [-0.4, -0.2) is 12.2 Å². The highest BCUT2D eigenvalue weighted by molar-refractivity contribution is 4.92. The van der Waals surface area contributed by atoms with Crippen LogP contribution in [0.25, 0.3) is 0 Å². The van der Waals surface area contributed by atoms with Gasteiger partial charge in [0.05, 0.1) is 5.60 Å². The zero-order chi connectivity index (χ0) is 7.03. The van der Waals surface area contributed by atoms with Gasteiger partial charge >= 0.3 is 0 Å². The van der Waals surface area contributed by atoms with Crippen molar-refractivity contribution in [3.63, 3.8) is 0 Å². The van der Waals surface area contributed by atoms with Gasteiger partial charge in [-0.15, -0.1) is 0 Å². The molecule has 2 rings (SSSR count). The molecule has 1 aliphatic heterocycles. The van der Waals surface area contributed by atoms with Crippen LogP contribution in [0.3, 0.4) is 0 Å². The molecule has 1 heterocycles. The van der Waals surface area contributed by atoms with Crippen molar-refractivity contribution < 1.29 is 4.74 Å². The van der Waals surface area contributed by atoms with E-state index < -0.39 is 0 Å². The molecule has 1 saturated carbocycles.